The summed E-state index contributed by atoms with van der Waals surface area (Å²) in [7, 11) is 0. The fraction of sp³-hybridized carbons (Fsp3) is 0.231. The normalized spacial score (nSPS) is 19.1. The molecule has 0 N–H and O–H groups in total. The zero-order chi connectivity index (χ0) is 22.0. The van der Waals surface area contributed by atoms with Crippen molar-refractivity contribution in [2.24, 2.45) is 5.92 Å². The molecule has 1 heterocycles. The van der Waals surface area contributed by atoms with E-state index in [9.17, 15) is 13.2 Å². The van der Waals surface area contributed by atoms with Gasteiger partial charge in [0.15, 0.2) is 17.9 Å². The average molecular weight is 424 g/mol. The minimum atomic E-state index is -0.868. The molecule has 0 aliphatic carbocycles. The van der Waals surface area contributed by atoms with Crippen LogP contribution in [0.25, 0.3) is 22.3 Å². The van der Waals surface area contributed by atoms with E-state index in [1.165, 1.54) is 13.0 Å². The van der Waals surface area contributed by atoms with Crippen LogP contribution in [0.5, 0.6) is 0 Å². The minimum absolute atomic E-state index is 0.175. The summed E-state index contributed by atoms with van der Waals surface area (Å²) in [6.07, 6.45) is 3.23. The molecule has 0 atom stereocenters. The minimum Gasteiger partial charge on any atom is -0.348 e. The highest BCUT2D eigenvalue weighted by Crippen LogP contribution is 2.32. The van der Waals surface area contributed by atoms with Crippen molar-refractivity contribution in [3.05, 3.63) is 95.3 Å². The van der Waals surface area contributed by atoms with Gasteiger partial charge >= 0.3 is 0 Å². The monoisotopic (exact) mass is 424 g/mol. The number of benzene rings is 3. The molecule has 0 aromatic heterocycles. The number of halogens is 3. The van der Waals surface area contributed by atoms with Crippen molar-refractivity contribution in [1.82, 2.24) is 0 Å². The first-order valence-electron chi connectivity index (χ1n) is 10.2. The number of hydrogen-bond acceptors (Lipinski definition) is 2. The van der Waals surface area contributed by atoms with Gasteiger partial charge in [-0.25, -0.2) is 13.2 Å². The summed E-state index contributed by atoms with van der Waals surface area (Å²) < 4.78 is 54.3. The van der Waals surface area contributed by atoms with E-state index in [2.05, 4.69) is 0 Å². The molecule has 3 aromatic carbocycles. The van der Waals surface area contributed by atoms with E-state index in [1.54, 1.807) is 48.5 Å². The molecular formula is C26H23F3O2. The van der Waals surface area contributed by atoms with Gasteiger partial charge in [0, 0.05) is 17.0 Å². The van der Waals surface area contributed by atoms with Gasteiger partial charge in [-0.15, -0.1) is 0 Å². The Morgan fingerprint density at radius 3 is 2.10 bits per heavy atom. The molecule has 0 spiro atoms. The van der Waals surface area contributed by atoms with Gasteiger partial charge in [-0.1, -0.05) is 60.7 Å². The highest BCUT2D eigenvalue weighted by Gasteiger charge is 2.24. The van der Waals surface area contributed by atoms with Crippen molar-refractivity contribution in [3.8, 4) is 22.3 Å². The van der Waals surface area contributed by atoms with Crippen LogP contribution in [-0.4, -0.2) is 13.2 Å². The molecule has 5 heteroatoms. The van der Waals surface area contributed by atoms with E-state index in [1.807, 2.05) is 19.1 Å². The topological polar surface area (TPSA) is 18.5 Å². The van der Waals surface area contributed by atoms with Gasteiger partial charge in [0.2, 0.25) is 0 Å². The molecule has 2 nitrogen and oxygen atoms in total. The molecule has 1 saturated heterocycles. The van der Waals surface area contributed by atoms with Gasteiger partial charge in [-0.3, -0.25) is 0 Å². The smallest absolute Gasteiger partial charge is 0.186 e. The molecule has 3 aromatic rings. The van der Waals surface area contributed by atoms with Gasteiger partial charge in [-0.05, 0) is 42.2 Å². The lowest BCUT2D eigenvalue weighted by molar-refractivity contribution is -0.198. The average Bonchev–Trinajstić information content (AvgIpc) is 2.79. The van der Waals surface area contributed by atoms with Crippen LogP contribution in [0.15, 0.2) is 66.7 Å². The van der Waals surface area contributed by atoms with Gasteiger partial charge in [-0.2, -0.15) is 0 Å². The molecule has 0 saturated carbocycles. The maximum atomic E-state index is 14.8. The molecule has 1 aliphatic rings. The summed E-state index contributed by atoms with van der Waals surface area (Å²) >= 11 is 0. The highest BCUT2D eigenvalue weighted by molar-refractivity contribution is 5.71. The maximum Gasteiger partial charge on any atom is 0.186 e. The van der Waals surface area contributed by atoms with Crippen LogP contribution in [0.3, 0.4) is 0 Å². The Balaban J connectivity index is 1.53. The van der Waals surface area contributed by atoms with Crippen LogP contribution >= 0.6 is 0 Å². The summed E-state index contributed by atoms with van der Waals surface area (Å²) in [5, 5.41) is 0. The number of rotatable bonds is 4. The van der Waals surface area contributed by atoms with E-state index in [-0.39, 0.29) is 17.0 Å². The third-order valence-corrected chi connectivity index (χ3v) is 5.45. The van der Waals surface area contributed by atoms with E-state index in [0.29, 0.717) is 29.9 Å². The molecule has 4 rings (SSSR count). The zero-order valence-electron chi connectivity index (χ0n) is 17.4. The molecule has 1 aliphatic heterocycles. The Morgan fingerprint density at radius 2 is 1.45 bits per heavy atom. The lowest BCUT2D eigenvalue weighted by Crippen LogP contribution is -2.26. The van der Waals surface area contributed by atoms with Crippen LogP contribution in [0.1, 0.15) is 24.3 Å². The predicted octanol–water partition coefficient (Wildman–Crippen LogP) is 6.98. The Labute approximate surface area is 179 Å². The zero-order valence-corrected chi connectivity index (χ0v) is 17.4. The second-order valence-corrected chi connectivity index (χ2v) is 7.66. The van der Waals surface area contributed by atoms with E-state index >= 15 is 0 Å². The van der Waals surface area contributed by atoms with Gasteiger partial charge < -0.3 is 9.47 Å². The van der Waals surface area contributed by atoms with Crippen molar-refractivity contribution in [1.29, 1.82) is 0 Å². The lowest BCUT2D eigenvalue weighted by Gasteiger charge is -2.28. The molecule has 0 amide bonds. The van der Waals surface area contributed by atoms with Crippen molar-refractivity contribution >= 4 is 0 Å². The quantitative estimate of drug-likeness (QED) is 0.421. The van der Waals surface area contributed by atoms with Crippen LogP contribution in [0.2, 0.25) is 0 Å². The molecule has 160 valence electrons. The second-order valence-electron chi connectivity index (χ2n) is 7.66. The standard InChI is InChI=1S/C26H23F3O2/c1-3-4-17-14-30-26(31-15-17)22-12-10-20(13-23(22)27)18-6-8-19(9-7-18)21-11-5-16(2)24(28)25(21)29/h3-13,17,26H,14-15H2,1-2H3. The van der Waals surface area contributed by atoms with Crippen LogP contribution in [0.4, 0.5) is 13.2 Å². The Kier molecular flexibility index (Phi) is 6.25. The third-order valence-electron chi connectivity index (χ3n) is 5.45. The number of aryl methyl sites for hydroxylation is 1. The van der Waals surface area contributed by atoms with E-state index in [0.717, 1.165) is 5.56 Å². The van der Waals surface area contributed by atoms with Gasteiger partial charge in [0.05, 0.1) is 13.2 Å². The summed E-state index contributed by atoms with van der Waals surface area (Å²) in [6, 6.07) is 14.9. The number of ether oxygens (including phenoxy) is 2. The molecule has 31 heavy (non-hydrogen) atoms. The molecule has 1 fully saturated rings. The Morgan fingerprint density at radius 1 is 0.806 bits per heavy atom. The summed E-state index contributed by atoms with van der Waals surface area (Å²) in [5.74, 6) is -1.95. The molecular weight excluding hydrogens is 401 g/mol. The first-order chi connectivity index (χ1) is 15.0. The van der Waals surface area contributed by atoms with E-state index < -0.39 is 23.7 Å². The van der Waals surface area contributed by atoms with Crippen molar-refractivity contribution in [3.63, 3.8) is 0 Å². The fourth-order valence-electron chi connectivity index (χ4n) is 3.69. The summed E-state index contributed by atoms with van der Waals surface area (Å²) in [6.45, 7) is 4.42. The van der Waals surface area contributed by atoms with Crippen molar-refractivity contribution in [2.75, 3.05) is 13.2 Å². The maximum absolute atomic E-state index is 14.8. The Hall–Kier alpha value is -2.89. The van der Waals surface area contributed by atoms with Crippen molar-refractivity contribution < 1.29 is 22.6 Å². The first-order valence-corrected chi connectivity index (χ1v) is 10.2. The summed E-state index contributed by atoms with van der Waals surface area (Å²) in [5.41, 5.74) is 2.80. The number of allylic oxidation sites excluding steroid dienone is 1. The van der Waals surface area contributed by atoms with Crippen LogP contribution < -0.4 is 0 Å². The number of hydrogen-bond donors (Lipinski definition) is 0. The lowest BCUT2D eigenvalue weighted by atomic mass is 9.98. The van der Waals surface area contributed by atoms with Crippen LogP contribution in [0, 0.1) is 30.3 Å². The Bertz CT molecular complexity index is 1100. The second kappa shape index (κ2) is 9.08. The van der Waals surface area contributed by atoms with E-state index in [4.69, 9.17) is 9.47 Å². The van der Waals surface area contributed by atoms with Crippen LogP contribution in [-0.2, 0) is 9.47 Å². The predicted molar refractivity (Wildman–Crippen MR) is 115 cm³/mol. The third kappa shape index (κ3) is 4.43. The fourth-order valence-corrected chi connectivity index (χ4v) is 3.69. The largest absolute Gasteiger partial charge is 0.348 e. The van der Waals surface area contributed by atoms with Gasteiger partial charge in [0.25, 0.3) is 0 Å². The van der Waals surface area contributed by atoms with Crippen molar-refractivity contribution in [2.45, 2.75) is 20.1 Å². The molecule has 0 unspecified atom stereocenters. The SMILES string of the molecule is CC=CC1COC(c2ccc(-c3ccc(-c4ccc(C)c(F)c4F)cc3)cc2F)OC1. The summed E-state index contributed by atoms with van der Waals surface area (Å²) in [4.78, 5) is 0. The first kappa shape index (κ1) is 21.3. The molecule has 0 bridgehead atoms. The highest BCUT2D eigenvalue weighted by atomic mass is 19.2. The van der Waals surface area contributed by atoms with Gasteiger partial charge in [0.1, 0.15) is 5.82 Å². The molecule has 0 radical (unpaired) electrons.